The second-order valence-electron chi connectivity index (χ2n) is 10.4. The van der Waals surface area contributed by atoms with E-state index in [9.17, 15) is 4.39 Å². The number of rotatable bonds is 6. The summed E-state index contributed by atoms with van der Waals surface area (Å²) in [6, 6.07) is 11.8. The number of aryl methyl sites for hydroxylation is 1. The van der Waals surface area contributed by atoms with Crippen molar-refractivity contribution in [2.24, 2.45) is 0 Å². The van der Waals surface area contributed by atoms with Crippen LogP contribution in [-0.2, 0) is 11.2 Å². The van der Waals surface area contributed by atoms with Crippen molar-refractivity contribution < 1.29 is 9.13 Å². The van der Waals surface area contributed by atoms with Crippen LogP contribution in [0.5, 0.6) is 0 Å². The maximum absolute atomic E-state index is 13.7. The normalized spacial score (nSPS) is 22.1. The second kappa shape index (κ2) is 10.6. The van der Waals surface area contributed by atoms with Gasteiger partial charge in [-0.25, -0.2) is 4.39 Å². The highest BCUT2D eigenvalue weighted by molar-refractivity contribution is 5.83. The number of nitrogens with zero attached hydrogens (tertiary/aromatic N) is 3. The van der Waals surface area contributed by atoms with Gasteiger partial charge >= 0.3 is 0 Å². The van der Waals surface area contributed by atoms with E-state index in [1.165, 1.54) is 35.0 Å². The number of ether oxygens (including phenoxy) is 1. The standard InChI is InChI=1S/C29H39FN4O/c1-21-19-34(20-22(2)35-21)29-9-4-8-28(23(29)3)33-14-6-13-32(15-16-33)12-5-7-24-18-31-27-11-10-25(30)17-26(24)27/h4,8-11,17-18,21-22,31H,5-7,12-16,19-20H2,1-3H3. The Kier molecular flexibility index (Phi) is 7.30. The van der Waals surface area contributed by atoms with Gasteiger partial charge in [0.2, 0.25) is 0 Å². The molecule has 3 heterocycles. The number of fused-ring (bicyclic) bond motifs is 1. The number of nitrogens with one attached hydrogen (secondary N) is 1. The quantitative estimate of drug-likeness (QED) is 0.516. The molecule has 5 rings (SSSR count). The van der Waals surface area contributed by atoms with Crippen LogP contribution in [-0.4, -0.2) is 67.9 Å². The zero-order chi connectivity index (χ0) is 24.4. The molecule has 2 aromatic carbocycles. The van der Waals surface area contributed by atoms with Gasteiger partial charge in [0, 0.05) is 61.2 Å². The Labute approximate surface area is 208 Å². The number of halogens is 1. The van der Waals surface area contributed by atoms with E-state index < -0.39 is 0 Å². The minimum Gasteiger partial charge on any atom is -0.372 e. The number of hydrogen-bond donors (Lipinski definition) is 1. The molecule has 0 aliphatic carbocycles. The molecule has 0 radical (unpaired) electrons. The molecule has 0 spiro atoms. The van der Waals surface area contributed by atoms with Crippen LogP contribution < -0.4 is 9.80 Å². The van der Waals surface area contributed by atoms with Crippen LogP contribution in [0, 0.1) is 12.7 Å². The molecular weight excluding hydrogens is 439 g/mol. The van der Waals surface area contributed by atoms with Crippen LogP contribution in [0.2, 0.25) is 0 Å². The fraction of sp³-hybridized carbons (Fsp3) is 0.517. The van der Waals surface area contributed by atoms with E-state index in [0.717, 1.165) is 69.6 Å². The Morgan fingerprint density at radius 3 is 2.54 bits per heavy atom. The Morgan fingerprint density at radius 2 is 1.74 bits per heavy atom. The number of aromatic amines is 1. The average molecular weight is 479 g/mol. The summed E-state index contributed by atoms with van der Waals surface area (Å²) < 4.78 is 19.6. The van der Waals surface area contributed by atoms with Gasteiger partial charge in [0.15, 0.2) is 0 Å². The lowest BCUT2D eigenvalue weighted by atomic mass is 10.1. The summed E-state index contributed by atoms with van der Waals surface area (Å²) in [6.07, 6.45) is 5.80. The van der Waals surface area contributed by atoms with E-state index in [1.807, 2.05) is 12.3 Å². The van der Waals surface area contributed by atoms with Gasteiger partial charge < -0.3 is 24.4 Å². The van der Waals surface area contributed by atoms with E-state index in [1.54, 1.807) is 6.07 Å². The van der Waals surface area contributed by atoms with Gasteiger partial charge in [-0.05, 0) is 94.6 Å². The maximum atomic E-state index is 13.7. The minimum atomic E-state index is -0.164. The zero-order valence-electron chi connectivity index (χ0n) is 21.4. The summed E-state index contributed by atoms with van der Waals surface area (Å²) in [5.41, 5.74) is 6.34. The molecule has 35 heavy (non-hydrogen) atoms. The van der Waals surface area contributed by atoms with Crippen LogP contribution in [0.25, 0.3) is 10.9 Å². The van der Waals surface area contributed by atoms with Crippen molar-refractivity contribution in [2.45, 2.75) is 52.2 Å². The summed E-state index contributed by atoms with van der Waals surface area (Å²) >= 11 is 0. The molecule has 0 amide bonds. The SMILES string of the molecule is Cc1c(N2CCCN(CCCc3c[nH]c4ccc(F)cc34)CC2)cccc1N1CC(C)OC(C)C1. The first-order chi connectivity index (χ1) is 17.0. The first-order valence-electron chi connectivity index (χ1n) is 13.2. The van der Waals surface area contributed by atoms with Gasteiger partial charge in [0.25, 0.3) is 0 Å². The molecule has 2 aliphatic rings. The van der Waals surface area contributed by atoms with Crippen LogP contribution >= 0.6 is 0 Å². The Bertz CT molecular complexity index is 1130. The fourth-order valence-electron chi connectivity index (χ4n) is 5.96. The third-order valence-electron chi connectivity index (χ3n) is 7.62. The van der Waals surface area contributed by atoms with Gasteiger partial charge in [0.1, 0.15) is 5.82 Å². The molecule has 0 bridgehead atoms. The van der Waals surface area contributed by atoms with Gasteiger partial charge in [-0.3, -0.25) is 0 Å². The van der Waals surface area contributed by atoms with E-state index >= 15 is 0 Å². The summed E-state index contributed by atoms with van der Waals surface area (Å²) in [7, 11) is 0. The van der Waals surface area contributed by atoms with E-state index in [2.05, 4.69) is 58.7 Å². The van der Waals surface area contributed by atoms with Crippen molar-refractivity contribution in [2.75, 3.05) is 55.6 Å². The van der Waals surface area contributed by atoms with Crippen molar-refractivity contribution >= 4 is 22.3 Å². The summed E-state index contributed by atoms with van der Waals surface area (Å²) in [6.45, 7) is 14.0. The van der Waals surface area contributed by atoms with Crippen LogP contribution in [0.15, 0.2) is 42.6 Å². The topological polar surface area (TPSA) is 34.7 Å². The third-order valence-corrected chi connectivity index (χ3v) is 7.62. The van der Waals surface area contributed by atoms with Crippen LogP contribution in [0.4, 0.5) is 15.8 Å². The molecule has 1 aromatic heterocycles. The molecule has 2 saturated heterocycles. The van der Waals surface area contributed by atoms with Crippen molar-refractivity contribution in [3.8, 4) is 0 Å². The molecule has 2 atom stereocenters. The monoisotopic (exact) mass is 478 g/mol. The Balaban J connectivity index is 1.18. The Hall–Kier alpha value is -2.57. The summed E-state index contributed by atoms with van der Waals surface area (Å²) in [4.78, 5) is 11.0. The average Bonchev–Trinajstić information content (AvgIpc) is 3.07. The number of benzene rings is 2. The molecule has 2 unspecified atom stereocenters. The molecular formula is C29H39FN4O. The minimum absolute atomic E-state index is 0.164. The van der Waals surface area contributed by atoms with Gasteiger partial charge in [-0.2, -0.15) is 0 Å². The van der Waals surface area contributed by atoms with Gasteiger partial charge in [-0.1, -0.05) is 6.07 Å². The van der Waals surface area contributed by atoms with Gasteiger partial charge in [0.05, 0.1) is 12.2 Å². The highest BCUT2D eigenvalue weighted by Gasteiger charge is 2.25. The molecule has 3 aromatic rings. The molecule has 2 aliphatic heterocycles. The zero-order valence-corrected chi connectivity index (χ0v) is 21.4. The van der Waals surface area contributed by atoms with Crippen molar-refractivity contribution in [3.63, 3.8) is 0 Å². The second-order valence-corrected chi connectivity index (χ2v) is 10.4. The molecule has 0 saturated carbocycles. The molecule has 188 valence electrons. The lowest BCUT2D eigenvalue weighted by Gasteiger charge is -2.38. The maximum Gasteiger partial charge on any atom is 0.123 e. The van der Waals surface area contributed by atoms with E-state index in [4.69, 9.17) is 4.74 Å². The number of aromatic nitrogens is 1. The number of morpholine rings is 1. The molecule has 6 heteroatoms. The van der Waals surface area contributed by atoms with Crippen molar-refractivity contribution in [1.29, 1.82) is 0 Å². The predicted octanol–water partition coefficient (Wildman–Crippen LogP) is 5.37. The van der Waals surface area contributed by atoms with Crippen molar-refractivity contribution in [3.05, 3.63) is 59.5 Å². The largest absolute Gasteiger partial charge is 0.372 e. The van der Waals surface area contributed by atoms with E-state index in [-0.39, 0.29) is 18.0 Å². The van der Waals surface area contributed by atoms with Crippen molar-refractivity contribution in [1.82, 2.24) is 9.88 Å². The third kappa shape index (κ3) is 5.49. The smallest absolute Gasteiger partial charge is 0.123 e. The lowest BCUT2D eigenvalue weighted by Crippen LogP contribution is -2.45. The Morgan fingerprint density at radius 1 is 0.971 bits per heavy atom. The number of anilines is 2. The first-order valence-corrected chi connectivity index (χ1v) is 13.2. The predicted molar refractivity (Wildman–Crippen MR) is 143 cm³/mol. The lowest BCUT2D eigenvalue weighted by molar-refractivity contribution is -0.00524. The molecule has 2 fully saturated rings. The van der Waals surface area contributed by atoms with E-state index in [0.29, 0.717) is 0 Å². The van der Waals surface area contributed by atoms with Crippen LogP contribution in [0.1, 0.15) is 37.8 Å². The molecule has 1 N–H and O–H groups in total. The number of hydrogen-bond acceptors (Lipinski definition) is 4. The summed E-state index contributed by atoms with van der Waals surface area (Å²) in [5.74, 6) is -0.164. The van der Waals surface area contributed by atoms with Crippen LogP contribution in [0.3, 0.4) is 0 Å². The summed E-state index contributed by atoms with van der Waals surface area (Å²) in [5, 5.41) is 1.02. The highest BCUT2D eigenvalue weighted by Crippen LogP contribution is 2.32. The first kappa shape index (κ1) is 24.1. The number of H-pyrrole nitrogens is 1. The fourth-order valence-corrected chi connectivity index (χ4v) is 5.96. The van der Waals surface area contributed by atoms with Gasteiger partial charge in [-0.15, -0.1) is 0 Å². The molecule has 5 nitrogen and oxygen atoms in total. The highest BCUT2D eigenvalue weighted by atomic mass is 19.1.